The fraction of sp³-hybridized carbons (Fsp3) is 0.867. The summed E-state index contributed by atoms with van der Waals surface area (Å²) in [7, 11) is 0. The van der Waals surface area contributed by atoms with Crippen molar-refractivity contribution in [2.45, 2.75) is 52.4 Å². The summed E-state index contributed by atoms with van der Waals surface area (Å²) in [5.74, 6) is 1.30. The molecule has 1 amide bonds. The molecule has 0 heterocycles. The van der Waals surface area contributed by atoms with Crippen LogP contribution >= 0.6 is 0 Å². The topological polar surface area (TPSA) is 65.5 Å². The van der Waals surface area contributed by atoms with E-state index in [2.05, 4.69) is 27.9 Å². The highest BCUT2D eigenvalue weighted by Crippen LogP contribution is 2.23. The Balaban J connectivity index is 2.17. The first-order valence-corrected chi connectivity index (χ1v) is 8.07. The molecule has 1 aliphatic rings. The van der Waals surface area contributed by atoms with Gasteiger partial charge in [-0.1, -0.05) is 26.2 Å². The van der Waals surface area contributed by atoms with Crippen molar-refractivity contribution in [3.05, 3.63) is 0 Å². The van der Waals surface area contributed by atoms with Crippen molar-refractivity contribution >= 4 is 11.9 Å². The molecule has 0 aliphatic heterocycles. The molecule has 0 radical (unpaired) electrons. The van der Waals surface area contributed by atoms with Gasteiger partial charge in [0.15, 0.2) is 5.96 Å². The Labute approximate surface area is 123 Å². The number of hydrogen-bond acceptors (Lipinski definition) is 2. The average Bonchev–Trinajstić information content (AvgIpc) is 2.49. The third kappa shape index (κ3) is 6.78. The first kappa shape index (κ1) is 16.8. The first-order valence-electron chi connectivity index (χ1n) is 8.07. The SMILES string of the molecule is CCCN=C(NCC)NCCNC(=O)C1CCCCC1. The van der Waals surface area contributed by atoms with E-state index in [1.807, 2.05) is 6.92 Å². The van der Waals surface area contributed by atoms with Gasteiger partial charge < -0.3 is 16.0 Å². The minimum Gasteiger partial charge on any atom is -0.357 e. The van der Waals surface area contributed by atoms with Crippen LogP contribution in [0.1, 0.15) is 52.4 Å². The molecule has 0 aromatic rings. The van der Waals surface area contributed by atoms with Gasteiger partial charge in [0.2, 0.25) is 5.91 Å². The summed E-state index contributed by atoms with van der Waals surface area (Å²) in [5, 5.41) is 9.45. The van der Waals surface area contributed by atoms with Gasteiger partial charge >= 0.3 is 0 Å². The highest BCUT2D eigenvalue weighted by Gasteiger charge is 2.20. The lowest BCUT2D eigenvalue weighted by molar-refractivity contribution is -0.125. The summed E-state index contributed by atoms with van der Waals surface area (Å²) in [6, 6.07) is 0. The number of guanidine groups is 1. The van der Waals surface area contributed by atoms with Crippen LogP contribution in [0.25, 0.3) is 0 Å². The molecular formula is C15H30N4O. The maximum Gasteiger partial charge on any atom is 0.223 e. The Bertz CT molecular complexity index is 298. The van der Waals surface area contributed by atoms with Crippen molar-refractivity contribution < 1.29 is 4.79 Å². The van der Waals surface area contributed by atoms with Gasteiger partial charge in [-0.25, -0.2) is 0 Å². The van der Waals surface area contributed by atoms with E-state index in [9.17, 15) is 4.79 Å². The molecule has 1 aliphatic carbocycles. The maximum atomic E-state index is 12.0. The van der Waals surface area contributed by atoms with E-state index in [-0.39, 0.29) is 11.8 Å². The number of hydrogen-bond donors (Lipinski definition) is 3. The van der Waals surface area contributed by atoms with E-state index in [1.54, 1.807) is 0 Å². The number of nitrogens with one attached hydrogen (secondary N) is 3. The van der Waals surface area contributed by atoms with Gasteiger partial charge in [0.1, 0.15) is 0 Å². The molecule has 20 heavy (non-hydrogen) atoms. The summed E-state index contributed by atoms with van der Waals surface area (Å²) in [5.41, 5.74) is 0. The highest BCUT2D eigenvalue weighted by molar-refractivity contribution is 5.80. The van der Waals surface area contributed by atoms with Gasteiger partial charge in [0.25, 0.3) is 0 Å². The van der Waals surface area contributed by atoms with Crippen LogP contribution < -0.4 is 16.0 Å². The van der Waals surface area contributed by atoms with Crippen molar-refractivity contribution in [2.75, 3.05) is 26.2 Å². The maximum absolute atomic E-state index is 12.0. The van der Waals surface area contributed by atoms with Crippen LogP contribution in [0.3, 0.4) is 0 Å². The third-order valence-corrected chi connectivity index (χ3v) is 3.53. The largest absolute Gasteiger partial charge is 0.357 e. The molecule has 3 N–H and O–H groups in total. The molecule has 0 atom stereocenters. The number of carbonyl (C=O) groups excluding carboxylic acids is 1. The summed E-state index contributed by atoms with van der Waals surface area (Å²) in [4.78, 5) is 16.4. The Hall–Kier alpha value is -1.26. The second-order valence-corrected chi connectivity index (χ2v) is 5.31. The number of rotatable bonds is 7. The fourth-order valence-corrected chi connectivity index (χ4v) is 2.44. The van der Waals surface area contributed by atoms with Crippen LogP contribution in [0.5, 0.6) is 0 Å². The predicted molar refractivity (Wildman–Crippen MR) is 83.9 cm³/mol. The molecule has 5 nitrogen and oxygen atoms in total. The van der Waals surface area contributed by atoms with E-state index >= 15 is 0 Å². The van der Waals surface area contributed by atoms with Gasteiger partial charge in [-0.2, -0.15) is 0 Å². The van der Waals surface area contributed by atoms with Crippen LogP contribution in [-0.2, 0) is 4.79 Å². The zero-order chi connectivity index (χ0) is 14.6. The first-order chi connectivity index (χ1) is 9.77. The Morgan fingerprint density at radius 2 is 1.75 bits per heavy atom. The molecule has 0 aromatic heterocycles. The summed E-state index contributed by atoms with van der Waals surface area (Å²) in [6.45, 7) is 7.21. The van der Waals surface area contributed by atoms with Gasteiger partial charge in [0, 0.05) is 32.1 Å². The summed E-state index contributed by atoms with van der Waals surface area (Å²) in [6.07, 6.45) is 6.83. The van der Waals surface area contributed by atoms with Crippen molar-refractivity contribution in [3.63, 3.8) is 0 Å². The van der Waals surface area contributed by atoms with Crippen LogP contribution in [0.15, 0.2) is 4.99 Å². The highest BCUT2D eigenvalue weighted by atomic mass is 16.1. The minimum atomic E-state index is 0.224. The van der Waals surface area contributed by atoms with Crippen molar-refractivity contribution in [1.82, 2.24) is 16.0 Å². The zero-order valence-electron chi connectivity index (χ0n) is 13.0. The molecule has 116 valence electrons. The van der Waals surface area contributed by atoms with Gasteiger partial charge in [0.05, 0.1) is 0 Å². The normalized spacial score (nSPS) is 16.8. The molecule has 0 aromatic carbocycles. The molecule has 1 saturated carbocycles. The van der Waals surface area contributed by atoms with Crippen molar-refractivity contribution in [1.29, 1.82) is 0 Å². The molecule has 1 fully saturated rings. The van der Waals surface area contributed by atoms with Gasteiger partial charge in [-0.15, -0.1) is 0 Å². The lowest BCUT2D eigenvalue weighted by atomic mass is 9.89. The molecular weight excluding hydrogens is 252 g/mol. The van der Waals surface area contributed by atoms with E-state index < -0.39 is 0 Å². The number of amides is 1. The smallest absolute Gasteiger partial charge is 0.223 e. The fourth-order valence-electron chi connectivity index (χ4n) is 2.44. The van der Waals surface area contributed by atoms with Gasteiger partial charge in [-0.3, -0.25) is 9.79 Å². The van der Waals surface area contributed by atoms with E-state index in [0.29, 0.717) is 13.1 Å². The summed E-state index contributed by atoms with van der Waals surface area (Å²) < 4.78 is 0. The van der Waals surface area contributed by atoms with E-state index in [1.165, 1.54) is 19.3 Å². The monoisotopic (exact) mass is 282 g/mol. The quantitative estimate of drug-likeness (QED) is 0.378. The molecule has 0 unspecified atom stereocenters. The Morgan fingerprint density at radius 1 is 1.05 bits per heavy atom. The van der Waals surface area contributed by atoms with Crippen LogP contribution in [0, 0.1) is 5.92 Å². The number of aliphatic imine (C=N–C) groups is 1. The van der Waals surface area contributed by atoms with E-state index in [4.69, 9.17) is 0 Å². The predicted octanol–water partition coefficient (Wildman–Crippen LogP) is 1.65. The minimum absolute atomic E-state index is 0.224. The number of carbonyl (C=O) groups is 1. The van der Waals surface area contributed by atoms with E-state index in [0.717, 1.165) is 38.3 Å². The number of nitrogens with zero attached hydrogens (tertiary/aromatic N) is 1. The van der Waals surface area contributed by atoms with Crippen molar-refractivity contribution in [2.24, 2.45) is 10.9 Å². The molecule has 0 saturated heterocycles. The third-order valence-electron chi connectivity index (χ3n) is 3.53. The Kier molecular flexibility index (Phi) is 8.83. The Morgan fingerprint density at radius 3 is 2.40 bits per heavy atom. The second kappa shape index (κ2) is 10.5. The van der Waals surface area contributed by atoms with Crippen LogP contribution in [0.4, 0.5) is 0 Å². The molecule has 1 rings (SSSR count). The zero-order valence-corrected chi connectivity index (χ0v) is 13.0. The lowest BCUT2D eigenvalue weighted by Crippen LogP contribution is -2.42. The molecule has 0 spiro atoms. The lowest BCUT2D eigenvalue weighted by Gasteiger charge is -2.21. The average molecular weight is 282 g/mol. The van der Waals surface area contributed by atoms with Crippen LogP contribution in [0.2, 0.25) is 0 Å². The van der Waals surface area contributed by atoms with Crippen LogP contribution in [-0.4, -0.2) is 38.0 Å². The summed E-state index contributed by atoms with van der Waals surface area (Å²) >= 11 is 0. The standard InChI is InChI=1S/C15H30N4O/c1-3-10-18-15(16-4-2)19-12-11-17-14(20)13-8-6-5-7-9-13/h13H,3-12H2,1-2H3,(H,17,20)(H2,16,18,19). The van der Waals surface area contributed by atoms with Crippen molar-refractivity contribution in [3.8, 4) is 0 Å². The van der Waals surface area contributed by atoms with Gasteiger partial charge in [-0.05, 0) is 26.2 Å². The molecule has 5 heteroatoms. The molecule has 0 bridgehead atoms. The second-order valence-electron chi connectivity index (χ2n) is 5.31.